The molecular weight excluding hydrogens is 360 g/mol. The van der Waals surface area contributed by atoms with Crippen molar-refractivity contribution in [1.29, 1.82) is 0 Å². The number of ether oxygens (including phenoxy) is 1. The Morgan fingerprint density at radius 3 is 2.14 bits per heavy atom. The van der Waals surface area contributed by atoms with E-state index in [2.05, 4.69) is 5.32 Å². The zero-order chi connectivity index (χ0) is 21.2. The SMILES string of the molecule is CC1=C(C(CNC(=O)OC(C)(C)C)C(=O)[C@H](C)N)C(=O)c2ccccc2C1=O. The molecule has 28 heavy (non-hydrogen) atoms. The van der Waals surface area contributed by atoms with Gasteiger partial charge < -0.3 is 15.8 Å². The number of allylic oxidation sites excluding steroid dienone is 1. The minimum absolute atomic E-state index is 0.0714. The van der Waals surface area contributed by atoms with Crippen LogP contribution in [0.5, 0.6) is 0 Å². The van der Waals surface area contributed by atoms with Crippen LogP contribution < -0.4 is 11.1 Å². The Morgan fingerprint density at radius 1 is 1.11 bits per heavy atom. The van der Waals surface area contributed by atoms with Crippen LogP contribution >= 0.6 is 0 Å². The summed E-state index contributed by atoms with van der Waals surface area (Å²) in [4.78, 5) is 50.6. The smallest absolute Gasteiger partial charge is 0.407 e. The van der Waals surface area contributed by atoms with Crippen LogP contribution in [0.15, 0.2) is 35.4 Å². The zero-order valence-corrected chi connectivity index (χ0v) is 16.8. The monoisotopic (exact) mass is 386 g/mol. The molecule has 1 aliphatic carbocycles. The van der Waals surface area contributed by atoms with Crippen molar-refractivity contribution in [3.63, 3.8) is 0 Å². The first-order valence-corrected chi connectivity index (χ1v) is 9.09. The topological polar surface area (TPSA) is 116 Å². The fourth-order valence-corrected chi connectivity index (χ4v) is 3.10. The van der Waals surface area contributed by atoms with Crippen LogP contribution in [0.2, 0.25) is 0 Å². The predicted molar refractivity (Wildman–Crippen MR) is 104 cm³/mol. The molecule has 0 bridgehead atoms. The number of nitrogens with two attached hydrogens (primary N) is 1. The molecular formula is C21H26N2O5. The minimum atomic E-state index is -1.04. The molecule has 7 heteroatoms. The summed E-state index contributed by atoms with van der Waals surface area (Å²) in [6.45, 7) is 7.96. The summed E-state index contributed by atoms with van der Waals surface area (Å²) in [5.74, 6) is -2.20. The number of hydrogen-bond donors (Lipinski definition) is 2. The van der Waals surface area contributed by atoms with E-state index in [1.165, 1.54) is 13.8 Å². The normalized spacial score (nSPS) is 16.4. The average Bonchev–Trinajstić information content (AvgIpc) is 2.60. The lowest BCUT2D eigenvalue weighted by atomic mass is 9.77. The number of fused-ring (bicyclic) bond motifs is 1. The Kier molecular flexibility index (Phi) is 6.19. The Hall–Kier alpha value is -2.80. The molecule has 1 aromatic rings. The molecule has 1 aromatic carbocycles. The highest BCUT2D eigenvalue weighted by Gasteiger charge is 2.38. The number of amides is 1. The fraction of sp³-hybridized carbons (Fsp3) is 0.429. The van der Waals surface area contributed by atoms with Crippen LogP contribution in [0.1, 0.15) is 55.3 Å². The van der Waals surface area contributed by atoms with Crippen molar-refractivity contribution in [1.82, 2.24) is 5.32 Å². The van der Waals surface area contributed by atoms with Crippen molar-refractivity contribution >= 4 is 23.4 Å². The van der Waals surface area contributed by atoms with Gasteiger partial charge in [-0.05, 0) is 34.6 Å². The lowest BCUT2D eigenvalue weighted by Gasteiger charge is -2.27. The molecule has 0 aliphatic heterocycles. The predicted octanol–water partition coefficient (Wildman–Crippen LogP) is 2.44. The molecule has 1 amide bonds. The molecule has 1 aliphatic rings. The highest BCUT2D eigenvalue weighted by Crippen LogP contribution is 2.31. The molecule has 0 radical (unpaired) electrons. The second kappa shape index (κ2) is 8.06. The van der Waals surface area contributed by atoms with Gasteiger partial charge in [0, 0.05) is 28.8 Å². The summed E-state index contributed by atoms with van der Waals surface area (Å²) in [6.07, 6.45) is -0.719. The van der Waals surface area contributed by atoms with Gasteiger partial charge in [-0.25, -0.2) is 4.79 Å². The van der Waals surface area contributed by atoms with Gasteiger partial charge in [-0.1, -0.05) is 24.3 Å². The summed E-state index contributed by atoms with van der Waals surface area (Å²) >= 11 is 0. The van der Waals surface area contributed by atoms with Gasteiger partial charge in [0.25, 0.3) is 0 Å². The number of carbonyl (C=O) groups excluding carboxylic acids is 4. The number of hydrogen-bond acceptors (Lipinski definition) is 6. The summed E-state index contributed by atoms with van der Waals surface area (Å²) in [5.41, 5.74) is 5.86. The van der Waals surface area contributed by atoms with Crippen molar-refractivity contribution in [3.8, 4) is 0 Å². The Balaban J connectivity index is 2.40. The molecule has 1 unspecified atom stereocenters. The highest BCUT2D eigenvalue weighted by atomic mass is 16.6. The van der Waals surface area contributed by atoms with Crippen LogP contribution in [0.4, 0.5) is 4.79 Å². The van der Waals surface area contributed by atoms with E-state index in [4.69, 9.17) is 10.5 Å². The molecule has 0 saturated carbocycles. The van der Waals surface area contributed by atoms with Crippen LogP contribution in [-0.4, -0.2) is 41.6 Å². The number of alkyl carbamates (subject to hydrolysis) is 1. The lowest BCUT2D eigenvalue weighted by molar-refractivity contribution is -0.122. The first-order valence-electron chi connectivity index (χ1n) is 9.09. The molecule has 2 atom stereocenters. The average molecular weight is 386 g/mol. The highest BCUT2D eigenvalue weighted by molar-refractivity contribution is 6.28. The maximum absolute atomic E-state index is 13.1. The second-order valence-electron chi connectivity index (χ2n) is 7.87. The summed E-state index contributed by atoms with van der Waals surface area (Å²) in [5, 5.41) is 2.52. The van der Waals surface area contributed by atoms with E-state index in [1.54, 1.807) is 45.0 Å². The van der Waals surface area contributed by atoms with E-state index >= 15 is 0 Å². The zero-order valence-electron chi connectivity index (χ0n) is 16.8. The maximum Gasteiger partial charge on any atom is 0.407 e. The number of carbonyl (C=O) groups is 4. The number of Topliss-reactive ketones (excluding diaryl/α,β-unsaturated/α-hetero) is 3. The van der Waals surface area contributed by atoms with Crippen molar-refractivity contribution < 1.29 is 23.9 Å². The standard InChI is InChI=1S/C21H26N2O5/c1-11-16(19(26)14-9-7-6-8-13(14)17(11)24)15(18(25)12(2)22)10-23-20(27)28-21(3,4)5/h6-9,12,15H,10,22H2,1-5H3,(H,23,27)/t12-,15?/m0/s1. The van der Waals surface area contributed by atoms with Gasteiger partial charge in [0.2, 0.25) is 0 Å². The van der Waals surface area contributed by atoms with E-state index in [-0.39, 0.29) is 29.0 Å². The second-order valence-corrected chi connectivity index (χ2v) is 7.87. The molecule has 0 aromatic heterocycles. The first-order chi connectivity index (χ1) is 12.9. The lowest BCUT2D eigenvalue weighted by Crippen LogP contribution is -2.44. The van der Waals surface area contributed by atoms with E-state index < -0.39 is 35.2 Å². The molecule has 7 nitrogen and oxygen atoms in total. The molecule has 2 rings (SSSR count). The maximum atomic E-state index is 13.1. The molecule has 0 fully saturated rings. The third-order valence-electron chi connectivity index (χ3n) is 4.40. The quantitative estimate of drug-likeness (QED) is 0.803. The van der Waals surface area contributed by atoms with Crippen LogP contribution in [0.3, 0.4) is 0 Å². The summed E-state index contributed by atoms with van der Waals surface area (Å²) in [6, 6.07) is 5.60. The van der Waals surface area contributed by atoms with Gasteiger partial charge >= 0.3 is 6.09 Å². The van der Waals surface area contributed by atoms with Crippen molar-refractivity contribution in [3.05, 3.63) is 46.5 Å². The summed E-state index contributed by atoms with van der Waals surface area (Å²) < 4.78 is 5.19. The van der Waals surface area contributed by atoms with E-state index in [0.717, 1.165) is 0 Å². The molecule has 3 N–H and O–H groups in total. The van der Waals surface area contributed by atoms with E-state index in [0.29, 0.717) is 5.56 Å². The Morgan fingerprint density at radius 2 is 1.64 bits per heavy atom. The van der Waals surface area contributed by atoms with Crippen molar-refractivity contribution in [2.24, 2.45) is 11.7 Å². The van der Waals surface area contributed by atoms with Gasteiger partial charge in [0.1, 0.15) is 5.60 Å². The number of nitrogens with one attached hydrogen (secondary N) is 1. The van der Waals surface area contributed by atoms with Crippen LogP contribution in [0, 0.1) is 5.92 Å². The largest absolute Gasteiger partial charge is 0.444 e. The van der Waals surface area contributed by atoms with Crippen LogP contribution in [0.25, 0.3) is 0 Å². The molecule has 150 valence electrons. The Labute approximate surface area is 164 Å². The van der Waals surface area contributed by atoms with Crippen molar-refractivity contribution in [2.45, 2.75) is 46.3 Å². The number of rotatable bonds is 5. The third-order valence-corrected chi connectivity index (χ3v) is 4.40. The van der Waals surface area contributed by atoms with Gasteiger partial charge in [0.15, 0.2) is 17.3 Å². The molecule has 0 saturated heterocycles. The van der Waals surface area contributed by atoms with Gasteiger partial charge in [-0.2, -0.15) is 0 Å². The van der Waals surface area contributed by atoms with Gasteiger partial charge in [-0.3, -0.25) is 14.4 Å². The van der Waals surface area contributed by atoms with Gasteiger partial charge in [0.05, 0.1) is 12.0 Å². The summed E-state index contributed by atoms with van der Waals surface area (Å²) in [7, 11) is 0. The third kappa shape index (κ3) is 4.54. The van der Waals surface area contributed by atoms with E-state index in [9.17, 15) is 19.2 Å². The van der Waals surface area contributed by atoms with Crippen molar-refractivity contribution in [2.75, 3.05) is 6.54 Å². The van der Waals surface area contributed by atoms with E-state index in [1.807, 2.05) is 0 Å². The molecule has 0 heterocycles. The number of benzene rings is 1. The van der Waals surface area contributed by atoms with Gasteiger partial charge in [-0.15, -0.1) is 0 Å². The number of ketones is 3. The first kappa shape index (κ1) is 21.5. The minimum Gasteiger partial charge on any atom is -0.444 e. The van der Waals surface area contributed by atoms with Crippen LogP contribution in [-0.2, 0) is 9.53 Å². The Bertz CT molecular complexity index is 862. The molecule has 0 spiro atoms. The fourth-order valence-electron chi connectivity index (χ4n) is 3.10.